The van der Waals surface area contributed by atoms with Gasteiger partial charge in [0.1, 0.15) is 0 Å². The van der Waals surface area contributed by atoms with Gasteiger partial charge >= 0.3 is 5.97 Å². The third kappa shape index (κ3) is 3.91. The van der Waals surface area contributed by atoms with Gasteiger partial charge in [-0.15, -0.1) is 0 Å². The number of carbonyl (C=O) groups is 1. The third-order valence-electron chi connectivity index (χ3n) is 5.66. The number of nitrogens with one attached hydrogen (secondary N) is 2. The average Bonchev–Trinajstić information content (AvgIpc) is 3.13. The fourth-order valence-electron chi connectivity index (χ4n) is 4.23. The van der Waals surface area contributed by atoms with Crippen LogP contribution in [0.1, 0.15) is 38.2 Å². The summed E-state index contributed by atoms with van der Waals surface area (Å²) in [5, 5.41) is 4.96. The summed E-state index contributed by atoms with van der Waals surface area (Å²) in [6.07, 6.45) is 3.77. The Bertz CT molecular complexity index is 953. The van der Waals surface area contributed by atoms with Gasteiger partial charge in [0.25, 0.3) is 0 Å². The van der Waals surface area contributed by atoms with E-state index in [0.717, 1.165) is 42.6 Å². The van der Waals surface area contributed by atoms with Gasteiger partial charge in [-0.2, -0.15) is 0 Å². The molecular formula is C24H28N2O2. The predicted molar refractivity (Wildman–Crippen MR) is 114 cm³/mol. The molecule has 0 atom stereocenters. The number of benzene rings is 2. The van der Waals surface area contributed by atoms with E-state index in [0.29, 0.717) is 12.6 Å². The van der Waals surface area contributed by atoms with Gasteiger partial charge in [-0.1, -0.05) is 30.3 Å². The van der Waals surface area contributed by atoms with Crippen molar-refractivity contribution >= 4 is 22.6 Å². The molecule has 1 saturated carbocycles. The van der Waals surface area contributed by atoms with Crippen molar-refractivity contribution in [3.63, 3.8) is 0 Å². The summed E-state index contributed by atoms with van der Waals surface area (Å²) in [7, 11) is 0. The van der Waals surface area contributed by atoms with Crippen LogP contribution < -0.4 is 5.32 Å². The SMILES string of the molecule is CCOC(=O)C1CCC(Nc2cc(C)cc3cc(-c4ccccc4)[nH]c23)CC1. The lowest BCUT2D eigenvalue weighted by Gasteiger charge is -2.28. The number of hydrogen-bond acceptors (Lipinski definition) is 3. The number of carbonyl (C=O) groups excluding carboxylic acids is 1. The molecule has 2 aromatic carbocycles. The Morgan fingerprint density at radius 1 is 1.11 bits per heavy atom. The van der Waals surface area contributed by atoms with Crippen molar-refractivity contribution < 1.29 is 9.53 Å². The molecule has 1 heterocycles. The van der Waals surface area contributed by atoms with Crippen LogP contribution in [0.3, 0.4) is 0 Å². The Labute approximate surface area is 166 Å². The van der Waals surface area contributed by atoms with E-state index in [1.54, 1.807) is 0 Å². The van der Waals surface area contributed by atoms with Crippen LogP contribution in [0, 0.1) is 12.8 Å². The molecule has 4 heteroatoms. The Hall–Kier alpha value is -2.75. The highest BCUT2D eigenvalue weighted by Crippen LogP contribution is 2.33. The smallest absolute Gasteiger partial charge is 0.308 e. The second-order valence-electron chi connectivity index (χ2n) is 7.77. The molecule has 4 nitrogen and oxygen atoms in total. The number of aryl methyl sites for hydroxylation is 1. The van der Waals surface area contributed by atoms with Gasteiger partial charge in [0.15, 0.2) is 0 Å². The highest BCUT2D eigenvalue weighted by atomic mass is 16.5. The van der Waals surface area contributed by atoms with E-state index in [9.17, 15) is 4.79 Å². The van der Waals surface area contributed by atoms with Crippen molar-refractivity contribution in [2.45, 2.75) is 45.6 Å². The first kappa shape index (κ1) is 18.6. The van der Waals surface area contributed by atoms with Crippen molar-refractivity contribution in [3.8, 4) is 11.3 Å². The number of aromatic amines is 1. The molecule has 1 aliphatic carbocycles. The zero-order valence-electron chi connectivity index (χ0n) is 16.6. The maximum Gasteiger partial charge on any atom is 0.308 e. The lowest BCUT2D eigenvalue weighted by Crippen LogP contribution is -2.30. The Balaban J connectivity index is 1.53. The molecule has 0 saturated heterocycles. The van der Waals surface area contributed by atoms with Gasteiger partial charge < -0.3 is 15.0 Å². The van der Waals surface area contributed by atoms with Gasteiger partial charge in [0.2, 0.25) is 0 Å². The maximum atomic E-state index is 12.0. The standard InChI is InChI=1S/C24H28N2O2/c1-3-28-24(27)18-9-11-20(12-10-18)25-22-14-16(2)13-19-15-21(26-23(19)22)17-7-5-4-6-8-17/h4-8,13-15,18,20,25-26H,3,9-12H2,1-2H3. The number of aromatic nitrogens is 1. The second kappa shape index (κ2) is 8.09. The molecule has 4 rings (SSSR count). The van der Waals surface area contributed by atoms with Gasteiger partial charge in [-0.3, -0.25) is 4.79 Å². The fourth-order valence-corrected chi connectivity index (χ4v) is 4.23. The van der Waals surface area contributed by atoms with E-state index in [4.69, 9.17) is 4.74 Å². The second-order valence-corrected chi connectivity index (χ2v) is 7.77. The van der Waals surface area contributed by atoms with Crippen molar-refractivity contribution in [2.24, 2.45) is 5.92 Å². The van der Waals surface area contributed by atoms with Crippen LogP contribution in [-0.4, -0.2) is 23.6 Å². The number of H-pyrrole nitrogens is 1. The number of rotatable bonds is 5. The van der Waals surface area contributed by atoms with Crippen molar-refractivity contribution in [1.82, 2.24) is 4.98 Å². The summed E-state index contributed by atoms with van der Waals surface area (Å²) < 4.78 is 5.19. The van der Waals surface area contributed by atoms with Crippen LogP contribution in [0.4, 0.5) is 5.69 Å². The third-order valence-corrected chi connectivity index (χ3v) is 5.66. The topological polar surface area (TPSA) is 54.1 Å². The zero-order chi connectivity index (χ0) is 19.5. The van der Waals surface area contributed by atoms with Gasteiger partial charge in [0, 0.05) is 17.1 Å². The summed E-state index contributed by atoms with van der Waals surface area (Å²) in [6, 6.07) is 17.5. The lowest BCUT2D eigenvalue weighted by molar-refractivity contribution is -0.149. The molecule has 0 amide bonds. The minimum absolute atomic E-state index is 0.0317. The number of fused-ring (bicyclic) bond motifs is 1. The number of hydrogen-bond donors (Lipinski definition) is 2. The molecule has 2 N–H and O–H groups in total. The zero-order valence-corrected chi connectivity index (χ0v) is 16.6. The fraction of sp³-hybridized carbons (Fsp3) is 0.375. The van der Waals surface area contributed by atoms with E-state index in [2.05, 4.69) is 59.7 Å². The van der Waals surface area contributed by atoms with E-state index in [1.165, 1.54) is 16.5 Å². The molecule has 0 spiro atoms. The summed E-state index contributed by atoms with van der Waals surface area (Å²) in [6.45, 7) is 4.47. The van der Waals surface area contributed by atoms with Crippen LogP contribution in [0.2, 0.25) is 0 Å². The van der Waals surface area contributed by atoms with Crippen molar-refractivity contribution in [3.05, 3.63) is 54.1 Å². The van der Waals surface area contributed by atoms with E-state index < -0.39 is 0 Å². The number of ether oxygens (including phenoxy) is 1. The molecule has 3 aromatic rings. The normalized spacial score (nSPS) is 19.5. The average molecular weight is 377 g/mol. The number of esters is 1. The largest absolute Gasteiger partial charge is 0.466 e. The van der Waals surface area contributed by atoms with Crippen molar-refractivity contribution in [1.29, 1.82) is 0 Å². The highest BCUT2D eigenvalue weighted by Gasteiger charge is 2.27. The predicted octanol–water partition coefficient (Wildman–Crippen LogP) is 5.68. The minimum atomic E-state index is -0.0317. The first-order valence-corrected chi connectivity index (χ1v) is 10.3. The van der Waals surface area contributed by atoms with E-state index >= 15 is 0 Å². The first-order valence-electron chi connectivity index (χ1n) is 10.3. The van der Waals surface area contributed by atoms with Gasteiger partial charge in [-0.05, 0) is 68.9 Å². The van der Waals surface area contributed by atoms with E-state index in [-0.39, 0.29) is 11.9 Å². The summed E-state index contributed by atoms with van der Waals surface area (Å²) in [5.41, 5.74) is 5.87. The highest BCUT2D eigenvalue weighted by molar-refractivity contribution is 5.95. The summed E-state index contributed by atoms with van der Waals surface area (Å²) in [5.74, 6) is 0.0291. The molecule has 0 unspecified atom stereocenters. The molecule has 146 valence electrons. The van der Waals surface area contributed by atoms with Crippen LogP contribution in [0.5, 0.6) is 0 Å². The maximum absolute atomic E-state index is 12.0. The van der Waals surface area contributed by atoms with Crippen LogP contribution >= 0.6 is 0 Å². The molecule has 1 aliphatic rings. The summed E-state index contributed by atoms with van der Waals surface area (Å²) >= 11 is 0. The van der Waals surface area contributed by atoms with Crippen LogP contribution in [0.15, 0.2) is 48.5 Å². The lowest BCUT2D eigenvalue weighted by atomic mass is 9.86. The van der Waals surface area contributed by atoms with Crippen LogP contribution in [-0.2, 0) is 9.53 Å². The molecule has 0 radical (unpaired) electrons. The van der Waals surface area contributed by atoms with Crippen molar-refractivity contribution in [2.75, 3.05) is 11.9 Å². The Morgan fingerprint density at radius 2 is 1.86 bits per heavy atom. The van der Waals surface area contributed by atoms with Gasteiger partial charge in [0.05, 0.1) is 23.7 Å². The summed E-state index contributed by atoms with van der Waals surface area (Å²) in [4.78, 5) is 15.6. The first-order chi connectivity index (χ1) is 13.6. The van der Waals surface area contributed by atoms with Crippen LogP contribution in [0.25, 0.3) is 22.2 Å². The van der Waals surface area contributed by atoms with Gasteiger partial charge in [-0.25, -0.2) is 0 Å². The molecule has 28 heavy (non-hydrogen) atoms. The Kier molecular flexibility index (Phi) is 5.38. The quantitative estimate of drug-likeness (QED) is 0.564. The molecule has 1 fully saturated rings. The number of anilines is 1. The minimum Gasteiger partial charge on any atom is -0.466 e. The molecule has 1 aromatic heterocycles. The molecular weight excluding hydrogens is 348 g/mol. The Morgan fingerprint density at radius 3 is 2.57 bits per heavy atom. The molecule has 0 aliphatic heterocycles. The van der Waals surface area contributed by atoms with E-state index in [1.807, 2.05) is 13.0 Å². The molecule has 0 bridgehead atoms. The monoisotopic (exact) mass is 376 g/mol.